The van der Waals surface area contributed by atoms with Crippen molar-refractivity contribution >= 4 is 45.5 Å². The first-order valence-corrected chi connectivity index (χ1v) is 13.0. The molecule has 1 fully saturated rings. The first-order chi connectivity index (χ1) is 19.2. The molecule has 2 N–H and O–H groups in total. The number of aromatic nitrogens is 3. The van der Waals surface area contributed by atoms with Crippen LogP contribution in [0, 0.1) is 0 Å². The van der Waals surface area contributed by atoms with Crippen LogP contribution in [0.3, 0.4) is 0 Å². The highest BCUT2D eigenvalue weighted by Gasteiger charge is 2.60. The van der Waals surface area contributed by atoms with Gasteiger partial charge in [0, 0.05) is 6.92 Å². The average Bonchev–Trinajstić information content (AvgIpc) is 3.39. The van der Waals surface area contributed by atoms with Gasteiger partial charge in [0.25, 0.3) is 0 Å². The van der Waals surface area contributed by atoms with E-state index in [9.17, 15) is 19.2 Å². The predicted molar refractivity (Wildman–Crippen MR) is 143 cm³/mol. The molecule has 3 heterocycles. The Morgan fingerprint density at radius 1 is 1.05 bits per heavy atom. The van der Waals surface area contributed by atoms with Gasteiger partial charge in [-0.15, -0.1) is 0 Å². The van der Waals surface area contributed by atoms with Gasteiger partial charge in [-0.3, -0.25) is 14.2 Å². The molecule has 4 aromatic rings. The van der Waals surface area contributed by atoms with Crippen LogP contribution in [0.15, 0.2) is 71.7 Å². The third-order valence-electron chi connectivity index (χ3n) is 6.38. The summed E-state index contributed by atoms with van der Waals surface area (Å²) in [5.41, 5.74) is 4.76. The van der Waals surface area contributed by atoms with E-state index in [1.807, 2.05) is 0 Å². The summed E-state index contributed by atoms with van der Waals surface area (Å²) in [5.74, 6) is -2.19. The van der Waals surface area contributed by atoms with Gasteiger partial charge in [0.2, 0.25) is 5.95 Å². The second-order valence-corrected chi connectivity index (χ2v) is 10.1. The summed E-state index contributed by atoms with van der Waals surface area (Å²) in [6.07, 6.45) is -2.45. The van der Waals surface area contributed by atoms with Gasteiger partial charge < -0.3 is 24.7 Å². The normalized spacial score (nSPS) is 22.1. The van der Waals surface area contributed by atoms with Crippen LogP contribution >= 0.6 is 11.3 Å². The molecule has 0 aliphatic carbocycles. The average molecular weight is 565 g/mol. The Bertz CT molecular complexity index is 1620. The van der Waals surface area contributed by atoms with Crippen LogP contribution in [-0.4, -0.2) is 56.9 Å². The third kappa shape index (κ3) is 5.16. The fourth-order valence-corrected chi connectivity index (χ4v) is 5.31. The molecule has 0 amide bonds. The molecule has 13 heteroatoms. The zero-order valence-corrected chi connectivity index (χ0v) is 22.2. The summed E-state index contributed by atoms with van der Waals surface area (Å²) < 4.78 is 24.9. The molecule has 2 aromatic carbocycles. The van der Waals surface area contributed by atoms with Gasteiger partial charge in [-0.1, -0.05) is 47.7 Å². The first kappa shape index (κ1) is 27.0. The van der Waals surface area contributed by atoms with Gasteiger partial charge in [-0.2, -0.15) is 4.98 Å². The standard InChI is InChI=1S/C27H24N4O8S/c1-15(32)39-27(2)19(14-36-23(33)16-9-5-3-6-10-16)37-22(20(27)38-24(34)17-11-7-4-8-12-17)31-21-18(40-26(31)35)13-29-25(28)30-21/h3-13,19-20,22H,14H2,1-2H3,(H2,28,29,30)/t19-,20+,22-,27-/m1/s1. The summed E-state index contributed by atoms with van der Waals surface area (Å²) >= 11 is 0.836. The third-order valence-corrected chi connectivity index (χ3v) is 7.26. The molecular formula is C27H24N4O8S. The van der Waals surface area contributed by atoms with Crippen molar-refractivity contribution in [2.45, 2.75) is 37.9 Å². The van der Waals surface area contributed by atoms with E-state index in [1.165, 1.54) is 24.6 Å². The Labute approximate surface area is 231 Å². The van der Waals surface area contributed by atoms with Gasteiger partial charge in [0.05, 0.1) is 22.0 Å². The van der Waals surface area contributed by atoms with Crippen LogP contribution in [0.2, 0.25) is 0 Å². The lowest BCUT2D eigenvalue weighted by atomic mass is 9.93. The minimum absolute atomic E-state index is 0.0917. The van der Waals surface area contributed by atoms with Crippen molar-refractivity contribution in [3.8, 4) is 0 Å². The molecule has 0 saturated carbocycles. The Morgan fingerprint density at radius 3 is 2.30 bits per heavy atom. The van der Waals surface area contributed by atoms with Crippen molar-refractivity contribution < 1.29 is 33.3 Å². The van der Waals surface area contributed by atoms with E-state index in [0.29, 0.717) is 10.3 Å². The van der Waals surface area contributed by atoms with Crippen molar-refractivity contribution in [1.82, 2.24) is 14.5 Å². The Hall–Kier alpha value is -4.62. The Kier molecular flexibility index (Phi) is 7.32. The molecule has 0 spiro atoms. The van der Waals surface area contributed by atoms with Gasteiger partial charge in [-0.05, 0) is 31.2 Å². The lowest BCUT2D eigenvalue weighted by Crippen LogP contribution is -2.52. The van der Waals surface area contributed by atoms with Crippen molar-refractivity contribution in [2.75, 3.05) is 12.3 Å². The number of esters is 3. The maximum absolute atomic E-state index is 13.2. The number of hydrogen-bond acceptors (Lipinski definition) is 12. The maximum Gasteiger partial charge on any atom is 0.338 e. The van der Waals surface area contributed by atoms with Crippen LogP contribution in [0.25, 0.3) is 10.3 Å². The number of thiazole rings is 1. The summed E-state index contributed by atoms with van der Waals surface area (Å²) in [6, 6.07) is 16.4. The van der Waals surface area contributed by atoms with Gasteiger partial charge in [0.1, 0.15) is 12.7 Å². The Morgan fingerprint density at radius 2 is 1.68 bits per heavy atom. The van der Waals surface area contributed by atoms with E-state index in [4.69, 9.17) is 24.7 Å². The van der Waals surface area contributed by atoms with E-state index >= 15 is 0 Å². The SMILES string of the molecule is CC(=O)O[C@]1(C)[C@@H](COC(=O)c2ccccc2)O[C@@H](n2c(=O)sc3cnc(N)nc32)[C@@H]1OC(=O)c1ccccc1. The van der Waals surface area contributed by atoms with Crippen molar-refractivity contribution in [2.24, 2.45) is 0 Å². The van der Waals surface area contributed by atoms with E-state index in [1.54, 1.807) is 60.7 Å². The topological polar surface area (TPSA) is 162 Å². The number of nitrogens with zero attached hydrogens (tertiary/aromatic N) is 3. The van der Waals surface area contributed by atoms with E-state index in [0.717, 1.165) is 11.3 Å². The highest BCUT2D eigenvalue weighted by molar-refractivity contribution is 7.16. The van der Waals surface area contributed by atoms with Gasteiger partial charge in [0.15, 0.2) is 23.6 Å². The molecule has 1 aliphatic rings. The fraction of sp³-hybridized carbons (Fsp3) is 0.259. The largest absolute Gasteiger partial charge is 0.459 e. The highest BCUT2D eigenvalue weighted by atomic mass is 32.1. The first-order valence-electron chi connectivity index (χ1n) is 12.1. The number of benzene rings is 2. The van der Waals surface area contributed by atoms with Crippen LogP contribution < -0.4 is 10.6 Å². The molecule has 0 bridgehead atoms. The molecule has 40 heavy (non-hydrogen) atoms. The quantitative estimate of drug-likeness (QED) is 0.259. The number of ether oxygens (including phenoxy) is 4. The number of hydrogen-bond donors (Lipinski definition) is 1. The number of rotatable bonds is 7. The molecule has 0 unspecified atom stereocenters. The number of carbonyl (C=O) groups is 3. The van der Waals surface area contributed by atoms with Gasteiger partial charge in [-0.25, -0.2) is 14.6 Å². The number of fused-ring (bicyclic) bond motifs is 1. The molecule has 1 aliphatic heterocycles. The highest BCUT2D eigenvalue weighted by Crippen LogP contribution is 2.43. The molecule has 2 aromatic heterocycles. The van der Waals surface area contributed by atoms with Crippen molar-refractivity contribution in [3.63, 3.8) is 0 Å². The molecule has 5 rings (SSSR count). The minimum atomic E-state index is -1.69. The maximum atomic E-state index is 13.2. The van der Waals surface area contributed by atoms with E-state index in [2.05, 4.69) is 9.97 Å². The molecule has 1 saturated heterocycles. The summed E-state index contributed by atoms with van der Waals surface area (Å²) in [5, 5.41) is 0. The minimum Gasteiger partial charge on any atom is -0.459 e. The van der Waals surface area contributed by atoms with E-state index < -0.39 is 46.8 Å². The van der Waals surface area contributed by atoms with Crippen LogP contribution in [0.1, 0.15) is 40.8 Å². The van der Waals surface area contributed by atoms with E-state index in [-0.39, 0.29) is 23.8 Å². The number of nitrogen functional groups attached to an aromatic ring is 1. The molecule has 0 radical (unpaired) electrons. The smallest absolute Gasteiger partial charge is 0.338 e. The monoisotopic (exact) mass is 564 g/mol. The second kappa shape index (κ2) is 10.9. The number of carbonyl (C=O) groups excluding carboxylic acids is 3. The molecular weight excluding hydrogens is 540 g/mol. The lowest BCUT2D eigenvalue weighted by Gasteiger charge is -2.33. The second-order valence-electron chi connectivity index (χ2n) is 9.10. The summed E-state index contributed by atoms with van der Waals surface area (Å²) in [7, 11) is 0. The lowest BCUT2D eigenvalue weighted by molar-refractivity contribution is -0.172. The van der Waals surface area contributed by atoms with Crippen molar-refractivity contribution in [3.05, 3.63) is 87.7 Å². The summed E-state index contributed by atoms with van der Waals surface area (Å²) in [4.78, 5) is 59.0. The summed E-state index contributed by atoms with van der Waals surface area (Å²) in [6.45, 7) is 2.28. The van der Waals surface area contributed by atoms with Crippen LogP contribution in [0.5, 0.6) is 0 Å². The predicted octanol–water partition coefficient (Wildman–Crippen LogP) is 2.74. The van der Waals surface area contributed by atoms with Crippen LogP contribution in [-0.2, 0) is 23.7 Å². The zero-order chi connectivity index (χ0) is 28.4. The molecule has 12 nitrogen and oxygen atoms in total. The number of anilines is 1. The van der Waals surface area contributed by atoms with Crippen LogP contribution in [0.4, 0.5) is 5.95 Å². The molecule has 206 valence electrons. The molecule has 4 atom stereocenters. The Balaban J connectivity index is 1.56. The number of nitrogens with two attached hydrogens (primary N) is 1. The zero-order valence-electron chi connectivity index (χ0n) is 21.4. The van der Waals surface area contributed by atoms with Gasteiger partial charge >= 0.3 is 22.8 Å². The fourth-order valence-electron chi connectivity index (χ4n) is 4.49. The van der Waals surface area contributed by atoms with Crippen molar-refractivity contribution in [1.29, 1.82) is 0 Å².